The topological polar surface area (TPSA) is 117 Å². The van der Waals surface area contributed by atoms with Crippen molar-refractivity contribution >= 4 is 13.8 Å². The van der Waals surface area contributed by atoms with Crippen molar-refractivity contribution in [2.75, 3.05) is 26.4 Å². The second-order valence-corrected chi connectivity index (χ2v) is 16.8. The minimum absolute atomic E-state index is 0.0311. The summed E-state index contributed by atoms with van der Waals surface area (Å²) in [6.45, 7) is 4.26. The van der Waals surface area contributed by atoms with Gasteiger partial charge in [-0.15, -0.1) is 0 Å². The summed E-state index contributed by atoms with van der Waals surface area (Å²) >= 11 is 0. The van der Waals surface area contributed by atoms with Crippen molar-refractivity contribution in [3.63, 3.8) is 0 Å². The van der Waals surface area contributed by atoms with E-state index in [1.807, 2.05) is 6.08 Å². The highest BCUT2D eigenvalue weighted by molar-refractivity contribution is 7.47. The summed E-state index contributed by atoms with van der Waals surface area (Å²) in [7, 11) is -4.29. The summed E-state index contributed by atoms with van der Waals surface area (Å²) < 4.78 is 33.2. The van der Waals surface area contributed by atoms with Crippen molar-refractivity contribution in [2.24, 2.45) is 5.73 Å². The van der Waals surface area contributed by atoms with Crippen molar-refractivity contribution in [1.82, 2.24) is 0 Å². The lowest BCUT2D eigenvalue weighted by molar-refractivity contribution is -0.153. The average Bonchev–Trinajstić information content (AvgIpc) is 3.16. The number of phosphoric ester groups is 1. The van der Waals surface area contributed by atoms with Crippen molar-refractivity contribution in [3.05, 3.63) is 24.5 Å². The number of ether oxygens (including phenoxy) is 2. The molecule has 0 aliphatic rings. The maximum Gasteiger partial charge on any atom is 0.472 e. The van der Waals surface area contributed by atoms with E-state index in [4.69, 9.17) is 24.3 Å². The monoisotopic (exact) mass is 786 g/mol. The zero-order valence-corrected chi connectivity index (χ0v) is 36.4. The molecule has 0 aliphatic heterocycles. The fourth-order valence-electron chi connectivity index (χ4n) is 6.55. The van der Waals surface area contributed by atoms with E-state index in [0.29, 0.717) is 6.42 Å². The molecule has 1 unspecified atom stereocenters. The van der Waals surface area contributed by atoms with Crippen LogP contribution in [0.15, 0.2) is 24.5 Å². The second-order valence-electron chi connectivity index (χ2n) is 15.3. The van der Waals surface area contributed by atoms with E-state index in [2.05, 4.69) is 26.0 Å². The zero-order valence-electron chi connectivity index (χ0n) is 35.5. The maximum absolute atomic E-state index is 12.6. The smallest absolute Gasteiger partial charge is 0.472 e. The third-order valence-electron chi connectivity index (χ3n) is 9.94. The van der Waals surface area contributed by atoms with Crippen LogP contribution in [0.3, 0.4) is 0 Å². The fraction of sp³-hybridized carbons (Fsp3) is 0.889. The lowest BCUT2D eigenvalue weighted by atomic mass is 10.0. The van der Waals surface area contributed by atoms with Crippen molar-refractivity contribution in [2.45, 2.75) is 232 Å². The molecule has 0 aromatic heterocycles. The first-order valence-corrected chi connectivity index (χ1v) is 24.4. The van der Waals surface area contributed by atoms with Gasteiger partial charge in [-0.3, -0.25) is 13.8 Å². The Morgan fingerprint density at radius 2 is 0.944 bits per heavy atom. The van der Waals surface area contributed by atoms with Gasteiger partial charge in [0.25, 0.3) is 0 Å². The second kappa shape index (κ2) is 43.0. The lowest BCUT2D eigenvalue weighted by Gasteiger charge is -2.19. The number of allylic oxidation sites excluding steroid dienone is 3. The summed E-state index contributed by atoms with van der Waals surface area (Å²) in [5.41, 5.74) is 5.37. The largest absolute Gasteiger partial charge is 0.498 e. The number of carbonyl (C=O) groups excluding carboxylic acids is 1. The van der Waals surface area contributed by atoms with Crippen LogP contribution in [0, 0.1) is 0 Å². The first kappa shape index (κ1) is 52.8. The number of carbonyl (C=O) groups is 1. The Morgan fingerprint density at radius 1 is 0.556 bits per heavy atom. The molecule has 0 aliphatic carbocycles. The summed E-state index contributed by atoms with van der Waals surface area (Å²) in [6.07, 6.45) is 48.6. The highest BCUT2D eigenvalue weighted by atomic mass is 31.2. The Balaban J connectivity index is 4.03. The van der Waals surface area contributed by atoms with Crippen LogP contribution in [0.1, 0.15) is 226 Å². The number of nitrogens with two attached hydrogens (primary N) is 1. The summed E-state index contributed by atoms with van der Waals surface area (Å²) in [5, 5.41) is 0. The Bertz CT molecular complexity index is 884. The molecule has 0 aromatic rings. The normalized spacial score (nSPS) is 13.6. The van der Waals surface area contributed by atoms with Crippen LogP contribution in [-0.2, 0) is 27.9 Å². The molecule has 320 valence electrons. The van der Waals surface area contributed by atoms with E-state index in [1.165, 1.54) is 167 Å². The highest BCUT2D eigenvalue weighted by Crippen LogP contribution is 2.43. The van der Waals surface area contributed by atoms with E-state index in [1.54, 1.807) is 6.26 Å². The van der Waals surface area contributed by atoms with Crippen LogP contribution in [0.25, 0.3) is 0 Å². The van der Waals surface area contributed by atoms with Gasteiger partial charge in [0, 0.05) is 13.0 Å². The molecular weight excluding hydrogens is 697 g/mol. The van der Waals surface area contributed by atoms with Crippen LogP contribution in [0.5, 0.6) is 0 Å². The molecule has 3 N–H and O–H groups in total. The number of esters is 1. The molecule has 0 bridgehead atoms. The van der Waals surface area contributed by atoms with Gasteiger partial charge >= 0.3 is 13.8 Å². The zero-order chi connectivity index (χ0) is 39.5. The van der Waals surface area contributed by atoms with Gasteiger partial charge < -0.3 is 20.1 Å². The molecule has 0 fully saturated rings. The molecule has 0 heterocycles. The van der Waals surface area contributed by atoms with Gasteiger partial charge in [0.05, 0.1) is 19.5 Å². The van der Waals surface area contributed by atoms with Gasteiger partial charge in [-0.2, -0.15) is 0 Å². The number of hydrogen-bond donors (Lipinski definition) is 2. The highest BCUT2D eigenvalue weighted by Gasteiger charge is 2.25. The summed E-state index contributed by atoms with van der Waals surface area (Å²) in [6, 6.07) is 0. The molecule has 0 radical (unpaired) electrons. The van der Waals surface area contributed by atoms with Gasteiger partial charge in [0.1, 0.15) is 6.61 Å². The van der Waals surface area contributed by atoms with Gasteiger partial charge in [0.15, 0.2) is 6.10 Å². The molecule has 0 amide bonds. The van der Waals surface area contributed by atoms with Crippen LogP contribution in [0.4, 0.5) is 0 Å². The van der Waals surface area contributed by atoms with E-state index >= 15 is 0 Å². The quantitative estimate of drug-likeness (QED) is 0.0206. The number of rotatable bonds is 44. The van der Waals surface area contributed by atoms with Gasteiger partial charge in [0.2, 0.25) is 0 Å². The van der Waals surface area contributed by atoms with Gasteiger partial charge in [-0.1, -0.05) is 187 Å². The Kier molecular flexibility index (Phi) is 42.0. The number of hydrogen-bond acceptors (Lipinski definition) is 7. The molecule has 2 atom stereocenters. The van der Waals surface area contributed by atoms with E-state index < -0.39 is 13.9 Å². The van der Waals surface area contributed by atoms with Gasteiger partial charge in [-0.05, 0) is 51.0 Å². The fourth-order valence-corrected chi connectivity index (χ4v) is 7.31. The third-order valence-corrected chi connectivity index (χ3v) is 10.9. The predicted molar refractivity (Wildman–Crippen MR) is 229 cm³/mol. The van der Waals surface area contributed by atoms with Gasteiger partial charge in [-0.25, -0.2) is 4.57 Å². The Labute approximate surface area is 334 Å². The molecule has 8 nitrogen and oxygen atoms in total. The standard InChI is InChI=1S/C45H88NO7P/c1-3-5-7-9-11-13-15-17-19-21-22-23-24-26-28-30-32-34-36-38-45(47)53-44(43-52-54(48,49)51-41-39-46)42-50-40-37-35-33-31-29-27-25-20-18-16-14-12-10-8-6-4-2/h18,20,37,40,44H,3-17,19,21-36,38-39,41-43,46H2,1-2H3,(H,48,49)/t44-/m1/s1. The minimum Gasteiger partial charge on any atom is -0.498 e. The average molecular weight is 786 g/mol. The Hall–Kier alpha value is -1.18. The van der Waals surface area contributed by atoms with Crippen molar-refractivity contribution in [3.8, 4) is 0 Å². The van der Waals surface area contributed by atoms with E-state index in [0.717, 1.165) is 38.5 Å². The lowest BCUT2D eigenvalue weighted by Crippen LogP contribution is -2.27. The van der Waals surface area contributed by atoms with Crippen LogP contribution >= 0.6 is 7.82 Å². The first-order chi connectivity index (χ1) is 26.4. The maximum atomic E-state index is 12.6. The number of phosphoric acid groups is 1. The molecule has 54 heavy (non-hydrogen) atoms. The van der Waals surface area contributed by atoms with E-state index in [9.17, 15) is 14.3 Å². The predicted octanol–water partition coefficient (Wildman–Crippen LogP) is 14.0. The van der Waals surface area contributed by atoms with Crippen molar-refractivity contribution in [1.29, 1.82) is 0 Å². The molecule has 0 saturated heterocycles. The Morgan fingerprint density at radius 3 is 1.37 bits per heavy atom. The first-order valence-electron chi connectivity index (χ1n) is 22.9. The molecule has 0 saturated carbocycles. The molecule has 0 aromatic carbocycles. The molecule has 0 spiro atoms. The summed E-state index contributed by atoms with van der Waals surface area (Å²) in [5.74, 6) is -0.351. The third kappa shape index (κ3) is 42.0. The SMILES string of the molecule is CCCCCCCCC=CCCCCCCC=COC[C@H](COP(=O)(O)OCCN)OC(=O)CCCCCCCCCCCCCCCCCCCCC. The summed E-state index contributed by atoms with van der Waals surface area (Å²) in [4.78, 5) is 22.5. The van der Waals surface area contributed by atoms with Crippen LogP contribution in [-0.4, -0.2) is 43.3 Å². The van der Waals surface area contributed by atoms with E-state index in [-0.39, 0.29) is 32.3 Å². The van der Waals surface area contributed by atoms with Crippen molar-refractivity contribution < 1.29 is 32.8 Å². The molecule has 0 rings (SSSR count). The van der Waals surface area contributed by atoms with Crippen LogP contribution < -0.4 is 5.73 Å². The number of unbranched alkanes of at least 4 members (excludes halogenated alkanes) is 29. The molecular formula is C45H88NO7P. The molecule has 9 heteroatoms. The van der Waals surface area contributed by atoms with Crippen LogP contribution in [0.2, 0.25) is 0 Å². The minimum atomic E-state index is -4.29.